The molecule has 1 aliphatic carbocycles. The zero-order valence-corrected chi connectivity index (χ0v) is 10.7. The molecular weight excluding hydrogens is 208 g/mol. The first-order valence-electron chi connectivity index (χ1n) is 6.71. The van der Waals surface area contributed by atoms with Crippen LogP contribution in [0.1, 0.15) is 37.7 Å². The molecule has 0 amide bonds. The molecule has 0 aliphatic heterocycles. The molecule has 92 valence electrons. The maximum absolute atomic E-state index is 5.70. The molecule has 0 bridgehead atoms. The van der Waals surface area contributed by atoms with Crippen LogP contribution in [0, 0.1) is 12.8 Å². The van der Waals surface area contributed by atoms with Crippen LogP contribution in [0.2, 0.25) is 0 Å². The molecule has 0 atom stereocenters. The van der Waals surface area contributed by atoms with Crippen molar-refractivity contribution in [1.29, 1.82) is 0 Å². The van der Waals surface area contributed by atoms with Crippen molar-refractivity contribution < 1.29 is 4.74 Å². The van der Waals surface area contributed by atoms with Gasteiger partial charge < -0.3 is 4.74 Å². The Bertz CT molecular complexity index is 362. The lowest BCUT2D eigenvalue weighted by Gasteiger charge is -2.05. The standard InChI is InChI=1S/C16H22O/c1-14-7-6-11-16(13-14)17-12-5-4-10-15-8-2-3-9-15/h4,6-7,10-11,13,15H,2-3,5,8-9,12H2,1H3/b10-4+. The molecular formula is C16H22O. The van der Waals surface area contributed by atoms with E-state index in [0.717, 1.165) is 24.7 Å². The van der Waals surface area contributed by atoms with Gasteiger partial charge in [0, 0.05) is 0 Å². The Labute approximate surface area is 104 Å². The topological polar surface area (TPSA) is 9.23 Å². The third-order valence-electron chi connectivity index (χ3n) is 3.35. The van der Waals surface area contributed by atoms with E-state index in [1.54, 1.807) is 0 Å². The van der Waals surface area contributed by atoms with Crippen molar-refractivity contribution >= 4 is 0 Å². The minimum Gasteiger partial charge on any atom is -0.493 e. The Morgan fingerprint density at radius 3 is 2.88 bits per heavy atom. The van der Waals surface area contributed by atoms with Crippen molar-refractivity contribution in [3.8, 4) is 5.75 Å². The summed E-state index contributed by atoms with van der Waals surface area (Å²) in [6.07, 6.45) is 11.3. The fraction of sp³-hybridized carbons (Fsp3) is 0.500. The van der Waals surface area contributed by atoms with Crippen LogP contribution < -0.4 is 4.74 Å². The first-order valence-corrected chi connectivity index (χ1v) is 6.71. The Balaban J connectivity index is 1.65. The average molecular weight is 230 g/mol. The fourth-order valence-corrected chi connectivity index (χ4v) is 2.39. The zero-order valence-electron chi connectivity index (χ0n) is 10.7. The van der Waals surface area contributed by atoms with Crippen LogP contribution in [0.5, 0.6) is 5.75 Å². The van der Waals surface area contributed by atoms with Gasteiger partial charge in [0.1, 0.15) is 5.75 Å². The molecule has 0 spiro atoms. The molecule has 1 heteroatoms. The van der Waals surface area contributed by atoms with Crippen LogP contribution in [0.25, 0.3) is 0 Å². The lowest BCUT2D eigenvalue weighted by Crippen LogP contribution is -1.96. The second-order valence-electron chi connectivity index (χ2n) is 4.93. The first kappa shape index (κ1) is 12.2. The Kier molecular flexibility index (Phi) is 4.66. The summed E-state index contributed by atoms with van der Waals surface area (Å²) in [5.74, 6) is 1.83. The molecule has 1 aromatic rings. The Morgan fingerprint density at radius 2 is 2.12 bits per heavy atom. The zero-order chi connectivity index (χ0) is 11.9. The van der Waals surface area contributed by atoms with Crippen LogP contribution >= 0.6 is 0 Å². The summed E-state index contributed by atoms with van der Waals surface area (Å²) in [5, 5.41) is 0. The van der Waals surface area contributed by atoms with Gasteiger partial charge >= 0.3 is 0 Å². The van der Waals surface area contributed by atoms with E-state index in [0.29, 0.717) is 0 Å². The van der Waals surface area contributed by atoms with E-state index in [1.807, 2.05) is 12.1 Å². The predicted molar refractivity (Wildman–Crippen MR) is 72.4 cm³/mol. The van der Waals surface area contributed by atoms with Crippen LogP contribution in [0.3, 0.4) is 0 Å². The van der Waals surface area contributed by atoms with Crippen molar-refractivity contribution in [2.45, 2.75) is 39.0 Å². The second-order valence-corrected chi connectivity index (χ2v) is 4.93. The molecule has 17 heavy (non-hydrogen) atoms. The summed E-state index contributed by atoms with van der Waals surface area (Å²) in [7, 11) is 0. The third-order valence-corrected chi connectivity index (χ3v) is 3.35. The van der Waals surface area contributed by atoms with E-state index in [-0.39, 0.29) is 0 Å². The summed E-state index contributed by atoms with van der Waals surface area (Å²) >= 11 is 0. The van der Waals surface area contributed by atoms with E-state index >= 15 is 0 Å². The summed E-state index contributed by atoms with van der Waals surface area (Å²) in [6.45, 7) is 2.87. The number of rotatable bonds is 5. The van der Waals surface area contributed by atoms with E-state index in [1.165, 1.54) is 31.2 Å². The highest BCUT2D eigenvalue weighted by atomic mass is 16.5. The van der Waals surface area contributed by atoms with Crippen LogP contribution in [-0.2, 0) is 0 Å². The lowest BCUT2D eigenvalue weighted by molar-refractivity contribution is 0.324. The minimum absolute atomic E-state index is 0.784. The molecule has 0 aromatic heterocycles. The number of ether oxygens (including phenoxy) is 1. The predicted octanol–water partition coefficient (Wildman–Crippen LogP) is 4.51. The number of allylic oxidation sites excluding steroid dienone is 1. The van der Waals surface area contributed by atoms with Crippen molar-refractivity contribution in [3.63, 3.8) is 0 Å². The van der Waals surface area contributed by atoms with Crippen LogP contribution in [0.15, 0.2) is 36.4 Å². The van der Waals surface area contributed by atoms with Gasteiger partial charge in [0.15, 0.2) is 0 Å². The van der Waals surface area contributed by atoms with Crippen LogP contribution in [0.4, 0.5) is 0 Å². The first-order chi connectivity index (χ1) is 8.34. The number of hydrogen-bond donors (Lipinski definition) is 0. The van der Waals surface area contributed by atoms with Crippen molar-refractivity contribution in [2.75, 3.05) is 6.61 Å². The van der Waals surface area contributed by atoms with Crippen molar-refractivity contribution in [3.05, 3.63) is 42.0 Å². The summed E-state index contributed by atoms with van der Waals surface area (Å²) in [5.41, 5.74) is 1.25. The molecule has 1 nitrogen and oxygen atoms in total. The van der Waals surface area contributed by atoms with E-state index in [9.17, 15) is 0 Å². The molecule has 1 saturated carbocycles. The second kappa shape index (κ2) is 6.48. The van der Waals surface area contributed by atoms with E-state index in [2.05, 4.69) is 31.2 Å². The maximum Gasteiger partial charge on any atom is 0.119 e. The maximum atomic E-state index is 5.70. The van der Waals surface area contributed by atoms with Crippen LogP contribution in [-0.4, -0.2) is 6.61 Å². The van der Waals surface area contributed by atoms with Gasteiger partial charge in [0.05, 0.1) is 6.61 Å². The van der Waals surface area contributed by atoms with Gasteiger partial charge in [-0.25, -0.2) is 0 Å². The normalized spacial score (nSPS) is 16.8. The molecule has 2 rings (SSSR count). The van der Waals surface area contributed by atoms with Gasteiger partial charge in [-0.05, 0) is 49.8 Å². The van der Waals surface area contributed by atoms with Crippen molar-refractivity contribution in [1.82, 2.24) is 0 Å². The number of aryl methyl sites for hydroxylation is 1. The van der Waals surface area contributed by atoms with E-state index < -0.39 is 0 Å². The molecule has 0 saturated heterocycles. The number of benzene rings is 1. The molecule has 1 aliphatic rings. The van der Waals surface area contributed by atoms with Crippen molar-refractivity contribution in [2.24, 2.45) is 5.92 Å². The van der Waals surface area contributed by atoms with Gasteiger partial charge in [0.2, 0.25) is 0 Å². The van der Waals surface area contributed by atoms with Gasteiger partial charge in [-0.1, -0.05) is 37.1 Å². The average Bonchev–Trinajstić information content (AvgIpc) is 2.82. The molecule has 0 radical (unpaired) electrons. The molecule has 0 N–H and O–H groups in total. The Hall–Kier alpha value is -1.24. The summed E-state index contributed by atoms with van der Waals surface area (Å²) in [4.78, 5) is 0. The smallest absolute Gasteiger partial charge is 0.119 e. The van der Waals surface area contributed by atoms with Gasteiger partial charge in [-0.3, -0.25) is 0 Å². The molecule has 0 heterocycles. The van der Waals surface area contributed by atoms with E-state index in [4.69, 9.17) is 4.74 Å². The quantitative estimate of drug-likeness (QED) is 0.534. The highest BCUT2D eigenvalue weighted by molar-refractivity contribution is 5.27. The monoisotopic (exact) mass is 230 g/mol. The highest BCUT2D eigenvalue weighted by Gasteiger charge is 2.10. The Morgan fingerprint density at radius 1 is 1.29 bits per heavy atom. The summed E-state index contributed by atoms with van der Waals surface area (Å²) < 4.78 is 5.70. The van der Waals surface area contributed by atoms with Gasteiger partial charge in [-0.15, -0.1) is 0 Å². The SMILES string of the molecule is Cc1cccc(OCC/C=C/C2CCCC2)c1. The lowest BCUT2D eigenvalue weighted by atomic mass is 10.1. The largest absolute Gasteiger partial charge is 0.493 e. The molecule has 1 aromatic carbocycles. The molecule has 0 unspecified atom stereocenters. The third kappa shape index (κ3) is 4.26. The minimum atomic E-state index is 0.784. The van der Waals surface area contributed by atoms with Gasteiger partial charge in [-0.2, -0.15) is 0 Å². The fourth-order valence-electron chi connectivity index (χ4n) is 2.39. The highest BCUT2D eigenvalue weighted by Crippen LogP contribution is 2.25. The number of hydrogen-bond acceptors (Lipinski definition) is 1. The summed E-state index contributed by atoms with van der Waals surface area (Å²) in [6, 6.07) is 8.24. The molecule has 1 fully saturated rings. The van der Waals surface area contributed by atoms with Gasteiger partial charge in [0.25, 0.3) is 0 Å².